The summed E-state index contributed by atoms with van der Waals surface area (Å²) in [6.07, 6.45) is 0. The first-order valence-electron chi connectivity index (χ1n) is 4.74. The summed E-state index contributed by atoms with van der Waals surface area (Å²) in [4.78, 5) is 0. The van der Waals surface area contributed by atoms with Crippen molar-refractivity contribution in [2.45, 2.75) is 0 Å². The Bertz CT molecular complexity index is 493. The minimum absolute atomic E-state index is 0.520. The molecule has 0 saturated heterocycles. The minimum atomic E-state index is -2.12. The second-order valence-electron chi connectivity index (χ2n) is 3.29. The van der Waals surface area contributed by atoms with Crippen LogP contribution in [-0.2, 0) is 4.57 Å². The minimum Gasteiger partial charge on any atom is -0.317 e. The molecular formula is C12H9Cl2OP. The molecule has 16 heavy (non-hydrogen) atoms. The zero-order chi connectivity index (χ0) is 11.5. The van der Waals surface area contributed by atoms with Gasteiger partial charge in [0.15, 0.2) is 0 Å². The fraction of sp³-hybridized carbons (Fsp3) is 0. The third kappa shape index (κ3) is 2.32. The second-order valence-corrected chi connectivity index (χ2v) is 5.84. The Hall–Kier alpha value is -0.750. The summed E-state index contributed by atoms with van der Waals surface area (Å²) in [5, 5.41) is 2.35. The average molecular weight is 271 g/mol. The van der Waals surface area contributed by atoms with Gasteiger partial charge in [-0.05, 0) is 24.3 Å². The first kappa shape index (κ1) is 11.7. The third-order valence-electron chi connectivity index (χ3n) is 2.24. The van der Waals surface area contributed by atoms with Crippen molar-refractivity contribution in [3.63, 3.8) is 0 Å². The van der Waals surface area contributed by atoms with E-state index in [-0.39, 0.29) is 0 Å². The fourth-order valence-electron chi connectivity index (χ4n) is 1.44. The van der Waals surface area contributed by atoms with E-state index in [9.17, 15) is 4.57 Å². The summed E-state index contributed by atoms with van der Waals surface area (Å²) in [6, 6.07) is 14.3. The molecule has 2 aromatic carbocycles. The van der Waals surface area contributed by atoms with Crippen LogP contribution in [0.3, 0.4) is 0 Å². The van der Waals surface area contributed by atoms with Gasteiger partial charge in [0, 0.05) is 10.6 Å². The Morgan fingerprint density at radius 3 is 1.50 bits per heavy atom. The van der Waals surface area contributed by atoms with E-state index in [1.807, 2.05) is 24.3 Å². The summed E-state index contributed by atoms with van der Waals surface area (Å²) in [6.45, 7) is 0. The second kappa shape index (κ2) is 5.05. The molecule has 1 nitrogen and oxygen atoms in total. The van der Waals surface area contributed by atoms with Crippen LogP contribution in [0.15, 0.2) is 48.5 Å². The lowest BCUT2D eigenvalue weighted by Crippen LogP contribution is -2.08. The molecule has 0 N–H and O–H groups in total. The molecule has 0 aliphatic heterocycles. The Labute approximate surface area is 105 Å². The summed E-state index contributed by atoms with van der Waals surface area (Å²) < 4.78 is 12.3. The first-order valence-corrected chi connectivity index (χ1v) is 6.90. The lowest BCUT2D eigenvalue weighted by molar-refractivity contribution is 0.598. The molecule has 0 unspecified atom stereocenters. The van der Waals surface area contributed by atoms with Crippen LogP contribution in [0.2, 0.25) is 10.0 Å². The highest BCUT2D eigenvalue weighted by molar-refractivity contribution is 7.62. The van der Waals surface area contributed by atoms with Gasteiger partial charge in [-0.15, -0.1) is 0 Å². The van der Waals surface area contributed by atoms with Gasteiger partial charge < -0.3 is 4.57 Å². The topological polar surface area (TPSA) is 17.1 Å². The van der Waals surface area contributed by atoms with Crippen molar-refractivity contribution in [1.82, 2.24) is 0 Å². The van der Waals surface area contributed by atoms with Crippen LogP contribution in [-0.4, -0.2) is 0 Å². The van der Waals surface area contributed by atoms with E-state index >= 15 is 0 Å². The molecule has 0 aliphatic carbocycles. The van der Waals surface area contributed by atoms with E-state index in [1.54, 1.807) is 24.3 Å². The van der Waals surface area contributed by atoms with Gasteiger partial charge in [-0.25, -0.2) is 0 Å². The monoisotopic (exact) mass is 270 g/mol. The summed E-state index contributed by atoms with van der Waals surface area (Å²) in [7, 11) is -2.12. The van der Waals surface area contributed by atoms with Gasteiger partial charge in [-0.3, -0.25) is 0 Å². The van der Waals surface area contributed by atoms with E-state index in [2.05, 4.69) is 0 Å². The van der Waals surface area contributed by atoms with Crippen molar-refractivity contribution in [3.05, 3.63) is 58.6 Å². The zero-order valence-electron chi connectivity index (χ0n) is 8.28. The van der Waals surface area contributed by atoms with Gasteiger partial charge in [-0.1, -0.05) is 47.5 Å². The van der Waals surface area contributed by atoms with Crippen LogP contribution in [0.25, 0.3) is 0 Å². The molecule has 0 atom stereocenters. The lowest BCUT2D eigenvalue weighted by Gasteiger charge is -2.06. The van der Waals surface area contributed by atoms with Crippen LogP contribution < -0.4 is 10.6 Å². The number of hydrogen-bond donors (Lipinski definition) is 0. The van der Waals surface area contributed by atoms with Crippen LogP contribution in [0, 0.1) is 0 Å². The Balaban J connectivity index is 2.48. The number of benzene rings is 2. The SMILES string of the molecule is O=[PH](c1ccccc1Cl)c1ccccc1Cl. The fourth-order valence-corrected chi connectivity index (χ4v) is 3.61. The Morgan fingerprint density at radius 1 is 0.750 bits per heavy atom. The van der Waals surface area contributed by atoms with Crippen LogP contribution in [0.4, 0.5) is 0 Å². The van der Waals surface area contributed by atoms with Gasteiger partial charge in [0.2, 0.25) is 0 Å². The van der Waals surface area contributed by atoms with Crippen LogP contribution in [0.1, 0.15) is 0 Å². The van der Waals surface area contributed by atoms with E-state index in [0.717, 1.165) is 0 Å². The van der Waals surface area contributed by atoms with E-state index in [0.29, 0.717) is 20.7 Å². The van der Waals surface area contributed by atoms with Crippen molar-refractivity contribution in [2.24, 2.45) is 0 Å². The first-order chi connectivity index (χ1) is 7.70. The highest BCUT2D eigenvalue weighted by atomic mass is 35.5. The average Bonchev–Trinajstić information content (AvgIpc) is 2.29. The predicted molar refractivity (Wildman–Crippen MR) is 71.2 cm³/mol. The normalized spacial score (nSPS) is 10.7. The number of hydrogen-bond acceptors (Lipinski definition) is 1. The van der Waals surface area contributed by atoms with E-state index < -0.39 is 7.80 Å². The zero-order valence-corrected chi connectivity index (χ0v) is 10.8. The molecule has 0 aliphatic rings. The third-order valence-corrected chi connectivity index (χ3v) is 5.06. The largest absolute Gasteiger partial charge is 0.317 e. The number of rotatable bonds is 2. The molecule has 0 bridgehead atoms. The lowest BCUT2D eigenvalue weighted by atomic mass is 10.4. The maximum Gasteiger partial charge on any atom is 0.134 e. The summed E-state index contributed by atoms with van der Waals surface area (Å²) in [5.74, 6) is 0. The molecular weight excluding hydrogens is 262 g/mol. The molecule has 2 aromatic rings. The molecule has 4 heteroatoms. The Morgan fingerprint density at radius 2 is 1.12 bits per heavy atom. The van der Waals surface area contributed by atoms with Crippen LogP contribution in [0.5, 0.6) is 0 Å². The molecule has 2 rings (SSSR count). The molecule has 0 fully saturated rings. The van der Waals surface area contributed by atoms with Gasteiger partial charge in [0.1, 0.15) is 7.80 Å². The van der Waals surface area contributed by atoms with Crippen molar-refractivity contribution in [3.8, 4) is 0 Å². The molecule has 0 spiro atoms. The molecule has 0 saturated carbocycles. The molecule has 0 radical (unpaired) electrons. The smallest absolute Gasteiger partial charge is 0.134 e. The van der Waals surface area contributed by atoms with Crippen LogP contribution >= 0.6 is 31.0 Å². The van der Waals surface area contributed by atoms with Gasteiger partial charge in [0.25, 0.3) is 0 Å². The van der Waals surface area contributed by atoms with Crippen molar-refractivity contribution >= 4 is 41.6 Å². The van der Waals surface area contributed by atoms with Gasteiger partial charge >= 0.3 is 0 Å². The van der Waals surface area contributed by atoms with Crippen molar-refractivity contribution in [1.29, 1.82) is 0 Å². The maximum atomic E-state index is 12.3. The molecule has 82 valence electrons. The highest BCUT2D eigenvalue weighted by Crippen LogP contribution is 2.27. The van der Waals surface area contributed by atoms with E-state index in [4.69, 9.17) is 23.2 Å². The molecule has 0 heterocycles. The number of halogens is 2. The molecule has 0 aromatic heterocycles. The highest BCUT2D eigenvalue weighted by Gasteiger charge is 2.12. The summed E-state index contributed by atoms with van der Waals surface area (Å²) >= 11 is 12.0. The Kier molecular flexibility index (Phi) is 3.70. The molecule has 0 amide bonds. The standard InChI is InChI=1S/C12H9Cl2OP/c13-9-5-1-3-7-11(9)16(15)12-8-4-2-6-10(12)14/h1-8,16H. The van der Waals surface area contributed by atoms with Gasteiger partial charge in [0.05, 0.1) is 10.0 Å². The van der Waals surface area contributed by atoms with Crippen molar-refractivity contribution < 1.29 is 4.57 Å². The summed E-state index contributed by atoms with van der Waals surface area (Å²) in [5.41, 5.74) is 0. The quantitative estimate of drug-likeness (QED) is 0.764. The van der Waals surface area contributed by atoms with Crippen molar-refractivity contribution in [2.75, 3.05) is 0 Å². The van der Waals surface area contributed by atoms with E-state index in [1.165, 1.54) is 0 Å². The maximum absolute atomic E-state index is 12.3. The van der Waals surface area contributed by atoms with Gasteiger partial charge in [-0.2, -0.15) is 0 Å². The predicted octanol–water partition coefficient (Wildman–Crippen LogP) is 3.50.